The van der Waals surface area contributed by atoms with E-state index in [0.29, 0.717) is 17.8 Å². The van der Waals surface area contributed by atoms with Crippen molar-refractivity contribution in [3.05, 3.63) is 96.2 Å². The minimum absolute atomic E-state index is 0.161. The van der Waals surface area contributed by atoms with Gasteiger partial charge in [0, 0.05) is 37.3 Å². The Balaban J connectivity index is 1.55. The summed E-state index contributed by atoms with van der Waals surface area (Å²) in [5.41, 5.74) is 2.26. The highest BCUT2D eigenvalue weighted by Crippen LogP contribution is 2.25. The summed E-state index contributed by atoms with van der Waals surface area (Å²) >= 11 is 0. The Bertz CT molecular complexity index is 1300. The summed E-state index contributed by atoms with van der Waals surface area (Å²) in [5.74, 6) is -0.109. The molecule has 0 saturated carbocycles. The van der Waals surface area contributed by atoms with E-state index in [-0.39, 0.29) is 23.7 Å². The Morgan fingerprint density at radius 3 is 2.66 bits per heavy atom. The molecule has 3 aromatic rings. The lowest BCUT2D eigenvalue weighted by Gasteiger charge is -2.38. The number of amides is 2. The van der Waals surface area contributed by atoms with Crippen LogP contribution in [0.3, 0.4) is 0 Å². The molecule has 35 heavy (non-hydrogen) atoms. The molecule has 0 radical (unpaired) electrons. The Labute approximate surface area is 203 Å². The molecule has 7 nitrogen and oxygen atoms in total. The summed E-state index contributed by atoms with van der Waals surface area (Å²) in [7, 11) is 0. The molecule has 0 bridgehead atoms. The van der Waals surface area contributed by atoms with E-state index in [0.717, 1.165) is 16.9 Å². The lowest BCUT2D eigenvalue weighted by atomic mass is 9.83. The second-order valence-electron chi connectivity index (χ2n) is 8.57. The lowest BCUT2D eigenvalue weighted by molar-refractivity contribution is -0.119. The summed E-state index contributed by atoms with van der Waals surface area (Å²) in [6.45, 7) is 5.37. The number of pyridine rings is 1. The van der Waals surface area contributed by atoms with Crippen LogP contribution in [0.5, 0.6) is 0 Å². The first-order valence-electron chi connectivity index (χ1n) is 11.4. The van der Waals surface area contributed by atoms with E-state index in [9.17, 15) is 14.0 Å². The number of carbonyl (C=O) groups is 2. The molecule has 3 N–H and O–H groups in total. The van der Waals surface area contributed by atoms with Crippen molar-refractivity contribution in [2.45, 2.75) is 38.8 Å². The number of hydrogen-bond acceptors (Lipinski definition) is 4. The van der Waals surface area contributed by atoms with Crippen molar-refractivity contribution >= 4 is 23.3 Å². The number of hydrogen-bond donors (Lipinski definition) is 3. The Hall–Kier alpha value is -4.20. The van der Waals surface area contributed by atoms with Gasteiger partial charge in [-0.2, -0.15) is 0 Å². The molecule has 0 saturated heterocycles. The van der Waals surface area contributed by atoms with Crippen molar-refractivity contribution in [1.29, 1.82) is 0 Å². The number of benzene rings is 1. The fourth-order valence-electron chi connectivity index (χ4n) is 4.12. The Morgan fingerprint density at radius 2 is 1.94 bits per heavy atom. The molecule has 1 aliphatic rings. The third-order valence-corrected chi connectivity index (χ3v) is 6.08. The number of aromatic nitrogens is 2. The maximum atomic E-state index is 13.2. The number of allylic oxidation sites excluding steroid dienone is 2. The van der Waals surface area contributed by atoms with Gasteiger partial charge in [0.15, 0.2) is 0 Å². The molecular weight excluding hydrogens is 445 g/mol. The van der Waals surface area contributed by atoms with Crippen molar-refractivity contribution in [2.24, 2.45) is 0 Å². The minimum Gasteiger partial charge on any atom is -0.347 e. The highest BCUT2D eigenvalue weighted by molar-refractivity contribution is 5.95. The van der Waals surface area contributed by atoms with E-state index in [4.69, 9.17) is 0 Å². The molecule has 2 amide bonds. The number of aryl methyl sites for hydroxylation is 1. The van der Waals surface area contributed by atoms with E-state index in [1.807, 2.05) is 55.0 Å². The average molecular weight is 474 g/mol. The van der Waals surface area contributed by atoms with E-state index >= 15 is 0 Å². The van der Waals surface area contributed by atoms with Crippen LogP contribution in [0, 0.1) is 12.7 Å². The van der Waals surface area contributed by atoms with Gasteiger partial charge in [0.1, 0.15) is 11.6 Å². The first kappa shape index (κ1) is 23.9. The van der Waals surface area contributed by atoms with Gasteiger partial charge in [-0.1, -0.05) is 31.2 Å². The highest BCUT2D eigenvalue weighted by Gasteiger charge is 2.37. The average Bonchev–Trinajstić information content (AvgIpc) is 3.33. The SMILES string of the molecule is CCC1(NC(=O)c2ccn(-c3cc(Nc4ccc(F)cc4)ncc3C)c2)C=CC=CC1NC(C)=O. The summed E-state index contributed by atoms with van der Waals surface area (Å²) in [4.78, 5) is 29.3. The smallest absolute Gasteiger partial charge is 0.253 e. The van der Waals surface area contributed by atoms with Crippen LogP contribution in [0.2, 0.25) is 0 Å². The highest BCUT2D eigenvalue weighted by atomic mass is 19.1. The van der Waals surface area contributed by atoms with Crippen LogP contribution < -0.4 is 16.0 Å². The molecule has 2 unspecified atom stereocenters. The van der Waals surface area contributed by atoms with Crippen molar-refractivity contribution in [3.8, 4) is 5.69 Å². The molecule has 0 aliphatic heterocycles. The number of carbonyl (C=O) groups excluding carboxylic acids is 2. The van der Waals surface area contributed by atoms with Crippen molar-refractivity contribution in [3.63, 3.8) is 0 Å². The van der Waals surface area contributed by atoms with Crippen molar-refractivity contribution in [1.82, 2.24) is 20.2 Å². The van der Waals surface area contributed by atoms with Crippen LogP contribution in [-0.4, -0.2) is 32.9 Å². The maximum absolute atomic E-state index is 13.2. The molecule has 4 rings (SSSR count). The van der Waals surface area contributed by atoms with Gasteiger partial charge < -0.3 is 20.5 Å². The molecule has 1 aliphatic carbocycles. The number of nitrogens with one attached hydrogen (secondary N) is 3. The fraction of sp³-hybridized carbons (Fsp3) is 0.222. The van der Waals surface area contributed by atoms with Gasteiger partial charge in [0.25, 0.3) is 5.91 Å². The van der Waals surface area contributed by atoms with Gasteiger partial charge in [-0.15, -0.1) is 0 Å². The lowest BCUT2D eigenvalue weighted by Crippen LogP contribution is -2.60. The second-order valence-corrected chi connectivity index (χ2v) is 8.57. The zero-order valence-electron chi connectivity index (χ0n) is 19.9. The predicted molar refractivity (Wildman–Crippen MR) is 134 cm³/mol. The fourth-order valence-corrected chi connectivity index (χ4v) is 4.12. The van der Waals surface area contributed by atoms with Crippen LogP contribution in [0.25, 0.3) is 5.69 Å². The van der Waals surface area contributed by atoms with Crippen molar-refractivity contribution < 1.29 is 14.0 Å². The number of anilines is 2. The summed E-state index contributed by atoms with van der Waals surface area (Å²) < 4.78 is 15.1. The van der Waals surface area contributed by atoms with E-state index in [1.165, 1.54) is 19.1 Å². The van der Waals surface area contributed by atoms with Crippen LogP contribution in [0.4, 0.5) is 15.9 Å². The van der Waals surface area contributed by atoms with E-state index in [2.05, 4.69) is 20.9 Å². The molecule has 1 aromatic carbocycles. The van der Waals surface area contributed by atoms with Gasteiger partial charge >= 0.3 is 0 Å². The standard InChI is InChI=1S/C27H28FN5O2/c1-4-27(13-6-5-7-24(27)30-19(3)34)32-26(35)20-12-14-33(17-20)23-15-25(29-16-18(23)2)31-22-10-8-21(28)9-11-22/h5-17,24H,4H2,1-3H3,(H,29,31)(H,30,34)(H,32,35). The molecule has 2 atom stereocenters. The van der Waals surface area contributed by atoms with Crippen LogP contribution in [0.1, 0.15) is 36.2 Å². The maximum Gasteiger partial charge on any atom is 0.253 e. The van der Waals surface area contributed by atoms with Gasteiger partial charge in [-0.3, -0.25) is 9.59 Å². The molecule has 0 spiro atoms. The second kappa shape index (κ2) is 9.97. The number of rotatable bonds is 7. The molecule has 2 aromatic heterocycles. The number of nitrogens with zero attached hydrogens (tertiary/aromatic N) is 2. The van der Waals surface area contributed by atoms with Crippen LogP contribution in [-0.2, 0) is 4.79 Å². The quantitative estimate of drug-likeness (QED) is 0.469. The van der Waals surface area contributed by atoms with Gasteiger partial charge in [0.05, 0.1) is 22.8 Å². The van der Waals surface area contributed by atoms with Crippen molar-refractivity contribution in [2.75, 3.05) is 5.32 Å². The van der Waals surface area contributed by atoms with E-state index in [1.54, 1.807) is 30.6 Å². The first-order chi connectivity index (χ1) is 16.8. The zero-order chi connectivity index (χ0) is 25.0. The molecule has 8 heteroatoms. The first-order valence-corrected chi connectivity index (χ1v) is 11.4. The predicted octanol–water partition coefficient (Wildman–Crippen LogP) is 4.57. The molecule has 180 valence electrons. The number of halogens is 1. The summed E-state index contributed by atoms with van der Waals surface area (Å²) in [6, 6.07) is 9.32. The molecule has 0 fully saturated rings. The summed E-state index contributed by atoms with van der Waals surface area (Å²) in [6.07, 6.45) is 13.5. The minimum atomic E-state index is -0.724. The zero-order valence-corrected chi connectivity index (χ0v) is 19.9. The topological polar surface area (TPSA) is 88.1 Å². The van der Waals surface area contributed by atoms with Crippen LogP contribution >= 0.6 is 0 Å². The van der Waals surface area contributed by atoms with Gasteiger partial charge in [-0.25, -0.2) is 9.37 Å². The normalized spacial score (nSPS) is 18.8. The third kappa shape index (κ3) is 5.32. The van der Waals surface area contributed by atoms with Gasteiger partial charge in [-0.05, 0) is 49.2 Å². The van der Waals surface area contributed by atoms with Crippen LogP contribution in [0.15, 0.2) is 79.3 Å². The molecular formula is C27H28FN5O2. The summed E-state index contributed by atoms with van der Waals surface area (Å²) in [5, 5.41) is 9.20. The third-order valence-electron chi connectivity index (χ3n) is 6.08. The Morgan fingerprint density at radius 1 is 1.17 bits per heavy atom. The largest absolute Gasteiger partial charge is 0.347 e. The Kier molecular flexibility index (Phi) is 6.82. The monoisotopic (exact) mass is 473 g/mol. The van der Waals surface area contributed by atoms with E-state index < -0.39 is 5.54 Å². The van der Waals surface area contributed by atoms with Gasteiger partial charge in [0.2, 0.25) is 5.91 Å². The molecule has 2 heterocycles.